The minimum atomic E-state index is -0.998. The zero-order valence-corrected chi connectivity index (χ0v) is 14.1. The summed E-state index contributed by atoms with van der Waals surface area (Å²) in [5.74, 6) is 0. The van der Waals surface area contributed by atoms with E-state index in [2.05, 4.69) is 5.32 Å². The summed E-state index contributed by atoms with van der Waals surface area (Å²) in [5, 5.41) is 22.7. The highest BCUT2D eigenvalue weighted by molar-refractivity contribution is 5.67. The second-order valence-corrected chi connectivity index (χ2v) is 6.51. The fourth-order valence-corrected chi connectivity index (χ4v) is 2.06. The van der Waals surface area contributed by atoms with Crippen LogP contribution < -0.4 is 11.1 Å². The maximum absolute atomic E-state index is 11.5. The first-order chi connectivity index (χ1) is 10.7. The molecule has 6 nitrogen and oxygen atoms in total. The molecule has 5 N–H and O–H groups in total. The van der Waals surface area contributed by atoms with Gasteiger partial charge in [-0.3, -0.25) is 0 Å². The Morgan fingerprint density at radius 3 is 2.39 bits per heavy atom. The molecule has 0 saturated carbocycles. The molecule has 1 aromatic carbocycles. The summed E-state index contributed by atoms with van der Waals surface area (Å²) in [7, 11) is 0. The predicted octanol–water partition coefficient (Wildman–Crippen LogP) is 1.50. The number of carbonyl (C=O) groups is 1. The Bertz CT molecular complexity index is 482. The number of aliphatic hydroxyl groups is 2. The average molecular weight is 324 g/mol. The van der Waals surface area contributed by atoms with Crippen LogP contribution in [0.4, 0.5) is 4.79 Å². The fourth-order valence-electron chi connectivity index (χ4n) is 2.06. The van der Waals surface area contributed by atoms with Crippen molar-refractivity contribution in [2.75, 3.05) is 13.1 Å². The van der Waals surface area contributed by atoms with Gasteiger partial charge in [0.1, 0.15) is 11.7 Å². The molecule has 0 saturated heterocycles. The molecule has 0 aliphatic heterocycles. The van der Waals surface area contributed by atoms with Gasteiger partial charge in [-0.05, 0) is 51.3 Å². The molecule has 1 amide bonds. The largest absolute Gasteiger partial charge is 0.444 e. The summed E-state index contributed by atoms with van der Waals surface area (Å²) in [6, 6.07) is 7.33. The van der Waals surface area contributed by atoms with E-state index in [0.29, 0.717) is 12.1 Å². The van der Waals surface area contributed by atoms with E-state index in [1.165, 1.54) is 0 Å². The van der Waals surface area contributed by atoms with Crippen LogP contribution in [-0.2, 0) is 11.2 Å². The first-order valence-electron chi connectivity index (χ1n) is 7.85. The van der Waals surface area contributed by atoms with Crippen molar-refractivity contribution in [3.63, 3.8) is 0 Å². The number of hydrogen-bond acceptors (Lipinski definition) is 5. The van der Waals surface area contributed by atoms with Crippen LogP contribution in [0, 0.1) is 0 Å². The minimum Gasteiger partial charge on any atom is -0.444 e. The summed E-state index contributed by atoms with van der Waals surface area (Å²) in [4.78, 5) is 11.5. The molecule has 2 atom stereocenters. The molecule has 1 aromatic rings. The average Bonchev–Trinajstić information content (AvgIpc) is 2.45. The number of alkyl carbamates (subject to hydrolysis) is 1. The molecule has 6 heteroatoms. The lowest BCUT2D eigenvalue weighted by atomic mass is 10.00. The van der Waals surface area contributed by atoms with Crippen molar-refractivity contribution in [1.82, 2.24) is 5.32 Å². The Morgan fingerprint density at radius 2 is 1.87 bits per heavy atom. The van der Waals surface area contributed by atoms with Crippen LogP contribution in [0.2, 0.25) is 0 Å². The molecule has 0 heterocycles. The van der Waals surface area contributed by atoms with Crippen molar-refractivity contribution >= 4 is 6.09 Å². The smallest absolute Gasteiger partial charge is 0.407 e. The second kappa shape index (κ2) is 8.86. The highest BCUT2D eigenvalue weighted by Gasteiger charge is 2.20. The molecule has 0 fully saturated rings. The van der Waals surface area contributed by atoms with Gasteiger partial charge in [0.05, 0.1) is 6.10 Å². The number of nitrogens with two attached hydrogens (primary N) is 1. The Labute approximate surface area is 137 Å². The van der Waals surface area contributed by atoms with Crippen molar-refractivity contribution < 1.29 is 19.7 Å². The van der Waals surface area contributed by atoms with Crippen LogP contribution >= 0.6 is 0 Å². The number of benzene rings is 1. The first kappa shape index (κ1) is 19.4. The number of amides is 1. The summed E-state index contributed by atoms with van der Waals surface area (Å²) < 4.78 is 5.10. The zero-order valence-electron chi connectivity index (χ0n) is 14.1. The predicted molar refractivity (Wildman–Crippen MR) is 89.0 cm³/mol. The minimum absolute atomic E-state index is 0.221. The van der Waals surface area contributed by atoms with Crippen LogP contribution in [0.3, 0.4) is 0 Å². The van der Waals surface area contributed by atoms with E-state index in [1.54, 1.807) is 32.9 Å². The molecule has 130 valence electrons. The quantitative estimate of drug-likeness (QED) is 0.608. The molecule has 0 bridgehead atoms. The molecule has 23 heavy (non-hydrogen) atoms. The SMILES string of the molecule is CC(C)(C)OC(=O)NCCC(O)C(O)c1ccc(CCN)cc1. The lowest BCUT2D eigenvalue weighted by Crippen LogP contribution is -2.34. The highest BCUT2D eigenvalue weighted by atomic mass is 16.6. The van der Waals surface area contributed by atoms with Gasteiger partial charge < -0.3 is 26.0 Å². The van der Waals surface area contributed by atoms with Gasteiger partial charge in [0.25, 0.3) is 0 Å². The molecule has 1 rings (SSSR count). The van der Waals surface area contributed by atoms with Crippen molar-refractivity contribution in [2.45, 2.75) is 51.4 Å². The van der Waals surface area contributed by atoms with Gasteiger partial charge in [-0.2, -0.15) is 0 Å². The third-order valence-electron chi connectivity index (χ3n) is 3.23. The van der Waals surface area contributed by atoms with Crippen molar-refractivity contribution in [3.05, 3.63) is 35.4 Å². The van der Waals surface area contributed by atoms with Gasteiger partial charge in [0, 0.05) is 6.54 Å². The number of hydrogen-bond donors (Lipinski definition) is 4. The van der Waals surface area contributed by atoms with Crippen LogP contribution in [-0.4, -0.2) is 41.1 Å². The topological polar surface area (TPSA) is 105 Å². The highest BCUT2D eigenvalue weighted by Crippen LogP contribution is 2.19. The van der Waals surface area contributed by atoms with Crippen molar-refractivity contribution in [2.24, 2.45) is 5.73 Å². The normalized spacial score (nSPS) is 14.2. The second-order valence-electron chi connectivity index (χ2n) is 6.51. The van der Waals surface area contributed by atoms with Gasteiger partial charge in [0.2, 0.25) is 0 Å². The van der Waals surface area contributed by atoms with Crippen molar-refractivity contribution in [3.8, 4) is 0 Å². The summed E-state index contributed by atoms with van der Waals surface area (Å²) in [6.45, 7) is 6.12. The zero-order chi connectivity index (χ0) is 17.5. The molecular formula is C17H28N2O4. The van der Waals surface area contributed by atoms with E-state index in [0.717, 1.165) is 12.0 Å². The van der Waals surface area contributed by atoms with Gasteiger partial charge in [-0.15, -0.1) is 0 Å². The molecular weight excluding hydrogens is 296 g/mol. The fraction of sp³-hybridized carbons (Fsp3) is 0.588. The summed E-state index contributed by atoms with van der Waals surface area (Å²) >= 11 is 0. The molecule has 2 unspecified atom stereocenters. The number of rotatable bonds is 7. The van der Waals surface area contributed by atoms with E-state index in [-0.39, 0.29) is 13.0 Å². The first-order valence-corrected chi connectivity index (χ1v) is 7.85. The lowest BCUT2D eigenvalue weighted by molar-refractivity contribution is 0.0123. The molecule has 0 aromatic heterocycles. The Morgan fingerprint density at radius 1 is 1.26 bits per heavy atom. The molecule has 0 radical (unpaired) electrons. The lowest BCUT2D eigenvalue weighted by Gasteiger charge is -2.21. The maximum Gasteiger partial charge on any atom is 0.407 e. The Hall–Kier alpha value is -1.63. The van der Waals surface area contributed by atoms with Gasteiger partial charge >= 0.3 is 6.09 Å². The van der Waals surface area contributed by atoms with Crippen LogP contribution in [0.25, 0.3) is 0 Å². The van der Waals surface area contributed by atoms with Gasteiger partial charge in [-0.25, -0.2) is 4.79 Å². The monoisotopic (exact) mass is 324 g/mol. The van der Waals surface area contributed by atoms with E-state index < -0.39 is 23.9 Å². The third-order valence-corrected chi connectivity index (χ3v) is 3.23. The molecule has 0 aliphatic rings. The van der Waals surface area contributed by atoms with Gasteiger partial charge in [0.15, 0.2) is 0 Å². The number of nitrogens with one attached hydrogen (secondary N) is 1. The van der Waals surface area contributed by atoms with Crippen molar-refractivity contribution in [1.29, 1.82) is 0 Å². The van der Waals surface area contributed by atoms with E-state index in [4.69, 9.17) is 10.5 Å². The third kappa shape index (κ3) is 7.45. The van der Waals surface area contributed by atoms with Crippen LogP contribution in [0.15, 0.2) is 24.3 Å². The molecule has 0 aliphatic carbocycles. The summed E-state index contributed by atoms with van der Waals surface area (Å²) in [6.07, 6.45) is -1.50. The molecule has 0 spiro atoms. The summed E-state index contributed by atoms with van der Waals surface area (Å²) in [5.41, 5.74) is 6.65. The van der Waals surface area contributed by atoms with E-state index >= 15 is 0 Å². The Kier molecular flexibility index (Phi) is 7.48. The van der Waals surface area contributed by atoms with Crippen LogP contribution in [0.5, 0.6) is 0 Å². The number of aliphatic hydroxyl groups excluding tert-OH is 2. The number of carbonyl (C=O) groups excluding carboxylic acids is 1. The maximum atomic E-state index is 11.5. The van der Waals surface area contributed by atoms with E-state index in [1.807, 2.05) is 12.1 Å². The number of ether oxygens (including phenoxy) is 1. The van der Waals surface area contributed by atoms with E-state index in [9.17, 15) is 15.0 Å². The Balaban J connectivity index is 2.41. The van der Waals surface area contributed by atoms with Crippen LogP contribution in [0.1, 0.15) is 44.4 Å². The van der Waals surface area contributed by atoms with Gasteiger partial charge in [-0.1, -0.05) is 24.3 Å². The standard InChI is InChI=1S/C17H28N2O4/c1-17(2,3)23-16(22)19-11-9-14(20)15(21)13-6-4-12(5-7-13)8-10-18/h4-7,14-15,20-21H,8-11,18H2,1-3H3,(H,19,22).